The predicted molar refractivity (Wildman–Crippen MR) is 78.5 cm³/mol. The average molecular weight is 344 g/mol. The maximum Gasteiger partial charge on any atom is 0.339 e. The molecule has 0 amide bonds. The summed E-state index contributed by atoms with van der Waals surface area (Å²) in [6.45, 7) is 1.51. The molecule has 0 N–H and O–H groups in total. The molecule has 0 fully saturated rings. The number of hydrogen-bond donors (Lipinski definition) is 0. The first-order valence-corrected chi connectivity index (χ1v) is 9.40. The van der Waals surface area contributed by atoms with Gasteiger partial charge in [0.2, 0.25) is 0 Å². The molecule has 8 heteroatoms. The summed E-state index contributed by atoms with van der Waals surface area (Å²) in [6.07, 6.45) is 0.974. The van der Waals surface area contributed by atoms with Crippen LogP contribution in [0.25, 0.3) is 0 Å². The van der Waals surface area contributed by atoms with E-state index in [-0.39, 0.29) is 15.5 Å². The Hall–Kier alpha value is -1.93. The molecule has 0 aliphatic carbocycles. The van der Waals surface area contributed by atoms with Crippen LogP contribution in [0.2, 0.25) is 0 Å². The van der Waals surface area contributed by atoms with Gasteiger partial charge >= 0.3 is 10.1 Å². The van der Waals surface area contributed by atoms with Gasteiger partial charge in [0.1, 0.15) is 16.5 Å². The van der Waals surface area contributed by atoms with Crippen LogP contribution in [0.1, 0.15) is 5.56 Å². The summed E-state index contributed by atoms with van der Waals surface area (Å²) in [5.41, 5.74) is 0.323. The topological polar surface area (TPSA) is 77.5 Å². The van der Waals surface area contributed by atoms with E-state index in [0.29, 0.717) is 5.56 Å². The Labute approximate surface area is 128 Å². The molecular weight excluding hydrogens is 331 g/mol. The summed E-state index contributed by atoms with van der Waals surface area (Å²) in [6, 6.07) is 8.38. The van der Waals surface area contributed by atoms with Crippen molar-refractivity contribution in [3.63, 3.8) is 0 Å². The maximum absolute atomic E-state index is 13.1. The van der Waals surface area contributed by atoms with E-state index in [9.17, 15) is 21.2 Å². The summed E-state index contributed by atoms with van der Waals surface area (Å²) < 4.78 is 65.6. The van der Waals surface area contributed by atoms with E-state index in [1.54, 1.807) is 0 Å². The molecule has 0 aromatic heterocycles. The van der Waals surface area contributed by atoms with Gasteiger partial charge in [-0.05, 0) is 36.8 Å². The SMILES string of the molecule is Cc1ccc(S(C)(=O)=O)cc1S(=O)(=O)Oc1cccc(F)c1. The van der Waals surface area contributed by atoms with Gasteiger partial charge in [-0.1, -0.05) is 12.1 Å². The summed E-state index contributed by atoms with van der Waals surface area (Å²) in [5.74, 6) is -0.835. The van der Waals surface area contributed by atoms with Gasteiger partial charge in [0, 0.05) is 12.3 Å². The Morgan fingerprint density at radius 1 is 1.00 bits per heavy atom. The highest BCUT2D eigenvalue weighted by molar-refractivity contribution is 7.90. The lowest BCUT2D eigenvalue weighted by atomic mass is 10.2. The van der Waals surface area contributed by atoms with Crippen LogP contribution in [0.4, 0.5) is 4.39 Å². The molecule has 2 aromatic carbocycles. The number of sulfone groups is 1. The third-order valence-electron chi connectivity index (χ3n) is 2.86. The monoisotopic (exact) mass is 344 g/mol. The van der Waals surface area contributed by atoms with Crippen molar-refractivity contribution in [1.82, 2.24) is 0 Å². The van der Waals surface area contributed by atoms with E-state index in [1.807, 2.05) is 0 Å². The van der Waals surface area contributed by atoms with Crippen molar-refractivity contribution in [3.05, 3.63) is 53.8 Å². The molecule has 2 aromatic rings. The van der Waals surface area contributed by atoms with Gasteiger partial charge in [0.25, 0.3) is 0 Å². The van der Waals surface area contributed by atoms with Crippen LogP contribution in [0.15, 0.2) is 52.3 Å². The minimum atomic E-state index is -4.27. The number of aryl methyl sites for hydroxylation is 1. The van der Waals surface area contributed by atoms with Gasteiger partial charge in [0.15, 0.2) is 9.84 Å². The van der Waals surface area contributed by atoms with E-state index in [2.05, 4.69) is 0 Å². The highest BCUT2D eigenvalue weighted by Gasteiger charge is 2.22. The fourth-order valence-corrected chi connectivity index (χ4v) is 3.67. The molecule has 0 saturated carbocycles. The second-order valence-electron chi connectivity index (χ2n) is 4.69. The van der Waals surface area contributed by atoms with E-state index < -0.39 is 25.8 Å². The molecule has 22 heavy (non-hydrogen) atoms. The second-order valence-corrected chi connectivity index (χ2v) is 8.22. The molecule has 2 rings (SSSR count). The third-order valence-corrected chi connectivity index (χ3v) is 5.36. The largest absolute Gasteiger partial charge is 0.379 e. The first-order valence-electron chi connectivity index (χ1n) is 6.10. The fraction of sp³-hybridized carbons (Fsp3) is 0.143. The molecule has 0 heterocycles. The zero-order valence-corrected chi connectivity index (χ0v) is 13.4. The summed E-state index contributed by atoms with van der Waals surface area (Å²) in [4.78, 5) is -0.417. The zero-order chi connectivity index (χ0) is 16.5. The van der Waals surface area contributed by atoms with Gasteiger partial charge < -0.3 is 4.18 Å². The molecule has 0 bridgehead atoms. The van der Waals surface area contributed by atoms with Crippen molar-refractivity contribution < 1.29 is 25.4 Å². The van der Waals surface area contributed by atoms with Crippen LogP contribution >= 0.6 is 0 Å². The van der Waals surface area contributed by atoms with Gasteiger partial charge in [-0.2, -0.15) is 8.42 Å². The van der Waals surface area contributed by atoms with Crippen LogP contribution < -0.4 is 4.18 Å². The Morgan fingerprint density at radius 3 is 2.27 bits per heavy atom. The van der Waals surface area contributed by atoms with Crippen molar-refractivity contribution in [2.75, 3.05) is 6.26 Å². The molecule has 5 nitrogen and oxygen atoms in total. The predicted octanol–water partition coefficient (Wildman–Crippen LogP) is 2.31. The van der Waals surface area contributed by atoms with Crippen LogP contribution in [-0.2, 0) is 20.0 Å². The van der Waals surface area contributed by atoms with E-state index in [1.165, 1.54) is 31.2 Å². The molecule has 0 aliphatic heterocycles. The molecule has 118 valence electrons. The van der Waals surface area contributed by atoms with Gasteiger partial charge in [-0.3, -0.25) is 0 Å². The van der Waals surface area contributed by atoms with Crippen molar-refractivity contribution in [2.45, 2.75) is 16.7 Å². The standard InChI is InChI=1S/C14H13FO5S2/c1-10-6-7-13(21(2,16)17)9-14(10)22(18,19)20-12-5-3-4-11(15)8-12/h3-9H,1-2H3. The minimum Gasteiger partial charge on any atom is -0.379 e. The Kier molecular flexibility index (Phi) is 4.25. The van der Waals surface area contributed by atoms with Crippen LogP contribution in [0.5, 0.6) is 5.75 Å². The van der Waals surface area contributed by atoms with Crippen LogP contribution in [0.3, 0.4) is 0 Å². The molecule has 0 atom stereocenters. The lowest BCUT2D eigenvalue weighted by Gasteiger charge is -2.10. The van der Waals surface area contributed by atoms with E-state index in [0.717, 1.165) is 24.5 Å². The number of rotatable bonds is 4. The van der Waals surface area contributed by atoms with Crippen LogP contribution in [0, 0.1) is 12.7 Å². The highest BCUT2D eigenvalue weighted by atomic mass is 32.2. The first kappa shape index (κ1) is 16.4. The molecule has 0 aliphatic rings. The van der Waals surface area contributed by atoms with E-state index >= 15 is 0 Å². The lowest BCUT2D eigenvalue weighted by Crippen LogP contribution is -2.12. The number of hydrogen-bond acceptors (Lipinski definition) is 5. The van der Waals surface area contributed by atoms with Gasteiger partial charge in [-0.25, -0.2) is 12.8 Å². The molecule has 0 saturated heterocycles. The quantitative estimate of drug-likeness (QED) is 0.796. The minimum absolute atomic E-state index is 0.139. The van der Waals surface area contributed by atoms with Crippen molar-refractivity contribution in [3.8, 4) is 5.75 Å². The number of benzene rings is 2. The maximum atomic E-state index is 13.1. The summed E-state index contributed by atoms with van der Waals surface area (Å²) in [7, 11) is -7.84. The highest BCUT2D eigenvalue weighted by Crippen LogP contribution is 2.24. The summed E-state index contributed by atoms with van der Waals surface area (Å²) in [5, 5.41) is 0. The molecule has 0 unspecified atom stereocenters. The van der Waals surface area contributed by atoms with Crippen molar-refractivity contribution >= 4 is 20.0 Å². The molecule has 0 radical (unpaired) electrons. The Bertz CT molecular complexity index is 918. The van der Waals surface area contributed by atoms with Crippen molar-refractivity contribution in [1.29, 1.82) is 0 Å². The Balaban J connectivity index is 2.50. The van der Waals surface area contributed by atoms with Crippen LogP contribution in [-0.4, -0.2) is 23.1 Å². The average Bonchev–Trinajstić information content (AvgIpc) is 2.36. The second kappa shape index (κ2) is 5.69. The molecular formula is C14H13FO5S2. The fourth-order valence-electron chi connectivity index (χ4n) is 1.77. The summed E-state index contributed by atoms with van der Waals surface area (Å²) >= 11 is 0. The number of halogens is 1. The third kappa shape index (κ3) is 3.63. The van der Waals surface area contributed by atoms with E-state index in [4.69, 9.17) is 4.18 Å². The van der Waals surface area contributed by atoms with Gasteiger partial charge in [-0.15, -0.1) is 0 Å². The van der Waals surface area contributed by atoms with Crippen molar-refractivity contribution in [2.24, 2.45) is 0 Å². The van der Waals surface area contributed by atoms with Gasteiger partial charge in [0.05, 0.1) is 4.90 Å². The Morgan fingerprint density at radius 2 is 1.68 bits per heavy atom. The zero-order valence-electron chi connectivity index (χ0n) is 11.8. The first-order chi connectivity index (χ1) is 10.1. The smallest absolute Gasteiger partial charge is 0.339 e. The lowest BCUT2D eigenvalue weighted by molar-refractivity contribution is 0.482. The molecule has 0 spiro atoms. The normalized spacial score (nSPS) is 12.1.